The molecule has 1 aromatic carbocycles. The highest BCUT2D eigenvalue weighted by Gasteiger charge is 2.13. The van der Waals surface area contributed by atoms with Crippen molar-refractivity contribution in [3.63, 3.8) is 0 Å². The summed E-state index contributed by atoms with van der Waals surface area (Å²) in [5, 5.41) is 3.07. The Hall–Kier alpha value is -1.00. The van der Waals surface area contributed by atoms with E-state index in [0.29, 0.717) is 6.10 Å². The van der Waals surface area contributed by atoms with Crippen molar-refractivity contribution < 1.29 is 13.5 Å². The van der Waals surface area contributed by atoms with Crippen LogP contribution < -0.4 is 5.32 Å². The summed E-state index contributed by atoms with van der Waals surface area (Å²) >= 11 is 0. The van der Waals surface area contributed by atoms with Gasteiger partial charge >= 0.3 is 0 Å². The minimum atomic E-state index is -0.489. The summed E-state index contributed by atoms with van der Waals surface area (Å²) in [5.41, 5.74) is 0.113. The third kappa shape index (κ3) is 3.75. The molecule has 1 aromatic rings. The number of nitrogens with one attached hydrogen (secondary N) is 1. The summed E-state index contributed by atoms with van der Waals surface area (Å²) in [4.78, 5) is 0. The molecule has 1 fully saturated rings. The zero-order valence-electron chi connectivity index (χ0n) is 10.4. The van der Waals surface area contributed by atoms with Crippen molar-refractivity contribution in [1.29, 1.82) is 0 Å². The maximum Gasteiger partial charge on any atom is 0.130 e. The molecule has 0 saturated carbocycles. The Morgan fingerprint density at radius 1 is 1.22 bits per heavy atom. The first-order chi connectivity index (χ1) is 8.77. The number of benzene rings is 1. The van der Waals surface area contributed by atoms with E-state index in [1.807, 2.05) is 0 Å². The Labute approximate surface area is 106 Å². The maximum atomic E-state index is 13.3. The molecular formula is C14H19F2NO. The van der Waals surface area contributed by atoms with Crippen LogP contribution in [0, 0.1) is 11.6 Å². The van der Waals surface area contributed by atoms with Gasteiger partial charge in [0.2, 0.25) is 0 Å². The zero-order chi connectivity index (χ0) is 12.8. The molecule has 0 aliphatic carbocycles. The number of hydrogen-bond acceptors (Lipinski definition) is 2. The lowest BCUT2D eigenvalue weighted by atomic mass is 10.1. The average Bonchev–Trinajstić information content (AvgIpc) is 2.38. The van der Waals surface area contributed by atoms with Gasteiger partial charge in [-0.05, 0) is 44.4 Å². The molecule has 100 valence electrons. The van der Waals surface area contributed by atoms with Crippen LogP contribution in [0.25, 0.3) is 0 Å². The first kappa shape index (κ1) is 13.4. The van der Waals surface area contributed by atoms with E-state index in [-0.39, 0.29) is 12.1 Å². The van der Waals surface area contributed by atoms with Crippen LogP contribution in [-0.2, 0) is 11.3 Å². The van der Waals surface area contributed by atoms with Crippen molar-refractivity contribution in [3.05, 3.63) is 35.4 Å². The summed E-state index contributed by atoms with van der Waals surface area (Å²) in [5.74, 6) is -0.979. The van der Waals surface area contributed by atoms with Gasteiger partial charge in [-0.2, -0.15) is 0 Å². The maximum absolute atomic E-state index is 13.3. The van der Waals surface area contributed by atoms with Crippen LogP contribution in [0.15, 0.2) is 18.2 Å². The van der Waals surface area contributed by atoms with Gasteiger partial charge in [-0.15, -0.1) is 0 Å². The largest absolute Gasteiger partial charge is 0.378 e. The van der Waals surface area contributed by atoms with Gasteiger partial charge in [0.25, 0.3) is 0 Å². The van der Waals surface area contributed by atoms with Gasteiger partial charge < -0.3 is 10.1 Å². The fraction of sp³-hybridized carbons (Fsp3) is 0.571. The lowest BCUT2D eigenvalue weighted by molar-refractivity contribution is 0.0115. The number of hydrogen-bond donors (Lipinski definition) is 1. The van der Waals surface area contributed by atoms with Crippen molar-refractivity contribution in [2.75, 3.05) is 13.2 Å². The van der Waals surface area contributed by atoms with Gasteiger partial charge in [-0.1, -0.05) is 6.07 Å². The molecule has 1 atom stereocenters. The Morgan fingerprint density at radius 2 is 2.00 bits per heavy atom. The Kier molecular flexibility index (Phi) is 5.08. The standard InChI is InChI=1S/C14H19F2NO/c15-13-5-3-6-14(16)12(13)10-17-8-7-11-4-1-2-9-18-11/h3,5-6,11,17H,1-2,4,7-10H2. The molecule has 1 aliphatic rings. The fourth-order valence-corrected chi connectivity index (χ4v) is 2.21. The molecule has 1 aliphatic heterocycles. The van der Waals surface area contributed by atoms with Crippen molar-refractivity contribution in [3.8, 4) is 0 Å². The highest BCUT2D eigenvalue weighted by molar-refractivity contribution is 5.19. The van der Waals surface area contributed by atoms with Crippen molar-refractivity contribution in [1.82, 2.24) is 5.32 Å². The van der Waals surface area contributed by atoms with Crippen molar-refractivity contribution >= 4 is 0 Å². The van der Waals surface area contributed by atoms with E-state index in [1.165, 1.54) is 24.6 Å². The second-order valence-electron chi connectivity index (χ2n) is 4.65. The monoisotopic (exact) mass is 255 g/mol. The fourth-order valence-electron chi connectivity index (χ4n) is 2.21. The van der Waals surface area contributed by atoms with Gasteiger partial charge in [-0.25, -0.2) is 8.78 Å². The van der Waals surface area contributed by atoms with E-state index < -0.39 is 11.6 Å². The molecule has 2 nitrogen and oxygen atoms in total. The van der Waals surface area contributed by atoms with E-state index >= 15 is 0 Å². The molecule has 1 saturated heterocycles. The summed E-state index contributed by atoms with van der Waals surface area (Å²) in [7, 11) is 0. The molecular weight excluding hydrogens is 236 g/mol. The average molecular weight is 255 g/mol. The van der Waals surface area contributed by atoms with E-state index in [0.717, 1.165) is 32.4 Å². The van der Waals surface area contributed by atoms with Crippen LogP contribution >= 0.6 is 0 Å². The lowest BCUT2D eigenvalue weighted by Crippen LogP contribution is -2.25. The molecule has 4 heteroatoms. The van der Waals surface area contributed by atoms with Crippen LogP contribution in [0.2, 0.25) is 0 Å². The lowest BCUT2D eigenvalue weighted by Gasteiger charge is -2.22. The number of halogens is 2. The summed E-state index contributed by atoms with van der Waals surface area (Å²) in [6.45, 7) is 1.79. The van der Waals surface area contributed by atoms with Gasteiger partial charge in [0, 0.05) is 18.7 Å². The zero-order valence-corrected chi connectivity index (χ0v) is 10.4. The minimum absolute atomic E-state index is 0.113. The SMILES string of the molecule is Fc1cccc(F)c1CNCCC1CCCCO1. The minimum Gasteiger partial charge on any atom is -0.378 e. The van der Waals surface area contributed by atoms with E-state index in [2.05, 4.69) is 5.32 Å². The smallest absolute Gasteiger partial charge is 0.130 e. The van der Waals surface area contributed by atoms with Crippen molar-refractivity contribution in [2.24, 2.45) is 0 Å². The van der Waals surface area contributed by atoms with Crippen LogP contribution in [0.4, 0.5) is 8.78 Å². The first-order valence-electron chi connectivity index (χ1n) is 6.52. The first-order valence-corrected chi connectivity index (χ1v) is 6.52. The van der Waals surface area contributed by atoms with Gasteiger partial charge in [0.15, 0.2) is 0 Å². The summed E-state index contributed by atoms with van der Waals surface area (Å²) in [6.07, 6.45) is 4.65. The van der Waals surface area contributed by atoms with Gasteiger partial charge in [0.1, 0.15) is 11.6 Å². The van der Waals surface area contributed by atoms with E-state index in [9.17, 15) is 8.78 Å². The molecule has 0 amide bonds. The molecule has 0 spiro atoms. The molecule has 0 bridgehead atoms. The third-order valence-corrected chi connectivity index (χ3v) is 3.28. The van der Waals surface area contributed by atoms with Gasteiger partial charge in [0.05, 0.1) is 6.10 Å². The van der Waals surface area contributed by atoms with Crippen LogP contribution in [0.3, 0.4) is 0 Å². The number of ether oxygens (including phenoxy) is 1. The van der Waals surface area contributed by atoms with E-state index in [1.54, 1.807) is 0 Å². The van der Waals surface area contributed by atoms with Crippen molar-refractivity contribution in [2.45, 2.75) is 38.3 Å². The Balaban J connectivity index is 1.71. The van der Waals surface area contributed by atoms with Crippen LogP contribution in [0.1, 0.15) is 31.2 Å². The highest BCUT2D eigenvalue weighted by atomic mass is 19.1. The molecule has 2 rings (SSSR count). The van der Waals surface area contributed by atoms with Crippen LogP contribution in [-0.4, -0.2) is 19.3 Å². The molecule has 1 heterocycles. The Bertz CT molecular complexity index is 358. The normalized spacial score (nSPS) is 20.0. The quantitative estimate of drug-likeness (QED) is 0.817. The van der Waals surface area contributed by atoms with E-state index in [4.69, 9.17) is 4.74 Å². The Morgan fingerprint density at radius 3 is 2.67 bits per heavy atom. The highest BCUT2D eigenvalue weighted by Crippen LogP contribution is 2.15. The molecule has 18 heavy (non-hydrogen) atoms. The second-order valence-corrected chi connectivity index (χ2v) is 4.65. The third-order valence-electron chi connectivity index (χ3n) is 3.28. The van der Waals surface area contributed by atoms with Gasteiger partial charge in [-0.3, -0.25) is 0 Å². The molecule has 1 N–H and O–H groups in total. The molecule has 0 aromatic heterocycles. The molecule has 0 radical (unpaired) electrons. The predicted molar refractivity (Wildman–Crippen MR) is 66.3 cm³/mol. The second kappa shape index (κ2) is 6.81. The summed E-state index contributed by atoms with van der Waals surface area (Å²) < 4.78 is 32.2. The predicted octanol–water partition coefficient (Wildman–Crippen LogP) is 3.01. The summed E-state index contributed by atoms with van der Waals surface area (Å²) in [6, 6.07) is 3.94. The molecule has 1 unspecified atom stereocenters. The topological polar surface area (TPSA) is 21.3 Å². The number of rotatable bonds is 5. The van der Waals surface area contributed by atoms with Crippen LogP contribution in [0.5, 0.6) is 0 Å².